The molecule has 0 aromatic carbocycles. The summed E-state index contributed by atoms with van der Waals surface area (Å²) < 4.78 is 54.1. The maximum Gasteiger partial charge on any atom is 0.306 e. The Morgan fingerprint density at radius 1 is 0.617 bits per heavy atom. The highest BCUT2D eigenvalue weighted by molar-refractivity contribution is 7.85. The van der Waals surface area contributed by atoms with Gasteiger partial charge in [-0.2, -0.15) is 8.42 Å². The van der Waals surface area contributed by atoms with E-state index >= 15 is 0 Å². The number of carbonyl (C=O) groups excluding carboxylic acids is 2. The molecule has 60 heavy (non-hydrogen) atoms. The molecule has 0 bridgehead atoms. The Morgan fingerprint density at radius 2 is 1.08 bits per heavy atom. The average Bonchev–Trinajstić information content (AvgIpc) is 3.21. The Hall–Kier alpha value is -2.13. The first-order valence-electron chi connectivity index (χ1n) is 23.5. The molecule has 350 valence electrons. The van der Waals surface area contributed by atoms with E-state index in [-0.39, 0.29) is 19.4 Å². The first-order valence-corrected chi connectivity index (χ1v) is 25.1. The highest BCUT2D eigenvalue weighted by atomic mass is 32.2. The lowest BCUT2D eigenvalue weighted by atomic mass is 10.00. The minimum Gasteiger partial charge on any atom is -0.462 e. The maximum absolute atomic E-state index is 12.8. The van der Waals surface area contributed by atoms with Crippen molar-refractivity contribution in [1.82, 2.24) is 0 Å². The third-order valence-electron chi connectivity index (χ3n) is 10.8. The highest BCUT2D eigenvalue weighted by Gasteiger charge is 2.46. The first-order chi connectivity index (χ1) is 29.0. The lowest BCUT2D eigenvalue weighted by Gasteiger charge is -2.40. The van der Waals surface area contributed by atoms with Gasteiger partial charge < -0.3 is 34.3 Å². The average molecular weight is 873 g/mol. The second-order valence-electron chi connectivity index (χ2n) is 16.5. The Kier molecular flexibility index (Phi) is 34.9. The van der Waals surface area contributed by atoms with Crippen LogP contribution in [-0.4, -0.2) is 96.0 Å². The molecule has 12 nitrogen and oxygen atoms in total. The van der Waals surface area contributed by atoms with Gasteiger partial charge in [-0.3, -0.25) is 14.1 Å². The molecule has 4 N–H and O–H groups in total. The number of unbranched alkanes of at least 4 members (excludes halogenated alkanes) is 23. The summed E-state index contributed by atoms with van der Waals surface area (Å²) in [6.07, 6.45) is 32.2. The Morgan fingerprint density at radius 3 is 1.58 bits per heavy atom. The molecular weight excluding hydrogens is 789 g/mol. The fraction of sp³-hybridized carbons (Fsp3) is 0.830. The van der Waals surface area contributed by atoms with E-state index in [9.17, 15) is 37.9 Å². The largest absolute Gasteiger partial charge is 0.462 e. The molecule has 0 radical (unpaired) electrons. The maximum atomic E-state index is 12.8. The third kappa shape index (κ3) is 31.7. The number of esters is 2. The van der Waals surface area contributed by atoms with Crippen LogP contribution in [0.1, 0.15) is 193 Å². The van der Waals surface area contributed by atoms with Gasteiger partial charge in [0.25, 0.3) is 10.1 Å². The molecule has 1 rings (SSSR count). The van der Waals surface area contributed by atoms with Crippen LogP contribution in [0, 0.1) is 0 Å². The molecule has 0 aliphatic carbocycles. The van der Waals surface area contributed by atoms with E-state index in [0.29, 0.717) is 12.8 Å². The van der Waals surface area contributed by atoms with Crippen LogP contribution in [0.2, 0.25) is 0 Å². The standard InChI is InChI=1S/C47H84O12S/c1-3-5-7-9-11-13-15-17-19-20-22-23-25-27-29-31-33-35-42(48)56-37-40(38-57-47-46(52)45(51)44(50)41(59-47)39-60(53,54)55)58-43(49)36-34-32-30-28-26-24-21-18-16-14-12-10-8-6-4-2/h4,11,13,17,19,40-41,44-47,50-52H,2-3,5-10,12,14-16,18,20-39H2,1H3,(H,53,54,55)/b13-11+,19-17+/t40-,41-,44-,45?,46?,47+/m1/s1. The van der Waals surface area contributed by atoms with Crippen LogP contribution >= 0.6 is 0 Å². The molecule has 0 aromatic rings. The van der Waals surface area contributed by atoms with Crippen LogP contribution in [0.4, 0.5) is 0 Å². The molecule has 0 amide bonds. The fourth-order valence-corrected chi connectivity index (χ4v) is 7.85. The van der Waals surface area contributed by atoms with E-state index < -0.39 is 71.2 Å². The van der Waals surface area contributed by atoms with Crippen molar-refractivity contribution in [3.8, 4) is 0 Å². The SMILES string of the molecule is C=CCCCCCCCCCCCCCCCC(=O)O[C@H](COC(=O)CCCCCCCCC/C=C/C/C=C/CCCCC)CO[C@H]1O[C@H](CS(=O)(=O)O)[C@@H](O)C(O)C1O. The molecule has 1 heterocycles. The van der Waals surface area contributed by atoms with Crippen molar-refractivity contribution in [2.75, 3.05) is 19.0 Å². The van der Waals surface area contributed by atoms with E-state index in [1.165, 1.54) is 96.3 Å². The quantitative estimate of drug-likeness (QED) is 0.0198. The van der Waals surface area contributed by atoms with Crippen molar-refractivity contribution in [2.45, 2.75) is 230 Å². The number of rotatable bonds is 40. The van der Waals surface area contributed by atoms with E-state index in [0.717, 1.165) is 64.2 Å². The van der Waals surface area contributed by atoms with Crippen molar-refractivity contribution in [3.63, 3.8) is 0 Å². The predicted octanol–water partition coefficient (Wildman–Crippen LogP) is 9.78. The van der Waals surface area contributed by atoms with Crippen molar-refractivity contribution in [1.29, 1.82) is 0 Å². The van der Waals surface area contributed by atoms with Crippen LogP contribution in [0.5, 0.6) is 0 Å². The first kappa shape index (κ1) is 55.9. The van der Waals surface area contributed by atoms with Gasteiger partial charge in [0, 0.05) is 12.8 Å². The van der Waals surface area contributed by atoms with Crippen molar-refractivity contribution >= 4 is 22.1 Å². The molecular formula is C47H84O12S. The molecule has 2 unspecified atom stereocenters. The molecule has 1 aliphatic heterocycles. The summed E-state index contributed by atoms with van der Waals surface area (Å²) >= 11 is 0. The number of ether oxygens (including phenoxy) is 4. The van der Waals surface area contributed by atoms with Crippen LogP contribution < -0.4 is 0 Å². The molecule has 13 heteroatoms. The molecule has 0 saturated carbocycles. The van der Waals surface area contributed by atoms with Gasteiger partial charge in [-0.05, 0) is 57.8 Å². The minimum atomic E-state index is -4.60. The third-order valence-corrected chi connectivity index (χ3v) is 11.6. The highest BCUT2D eigenvalue weighted by Crippen LogP contribution is 2.24. The Balaban J connectivity index is 2.42. The molecule has 0 spiro atoms. The lowest BCUT2D eigenvalue weighted by molar-refractivity contribution is -0.297. The number of hydrogen-bond acceptors (Lipinski definition) is 11. The van der Waals surface area contributed by atoms with Gasteiger partial charge in [0.1, 0.15) is 36.8 Å². The van der Waals surface area contributed by atoms with E-state index in [4.69, 9.17) is 18.9 Å². The van der Waals surface area contributed by atoms with Gasteiger partial charge >= 0.3 is 11.9 Å². The normalized spacial score (nSPS) is 20.2. The van der Waals surface area contributed by atoms with Gasteiger partial charge in [0.2, 0.25) is 0 Å². The Labute approximate surface area is 363 Å². The predicted molar refractivity (Wildman–Crippen MR) is 238 cm³/mol. The zero-order valence-corrected chi connectivity index (χ0v) is 38.0. The number of allylic oxidation sites excluding steroid dienone is 5. The van der Waals surface area contributed by atoms with Crippen molar-refractivity contribution in [3.05, 3.63) is 37.0 Å². The van der Waals surface area contributed by atoms with E-state index in [1.807, 2.05) is 6.08 Å². The van der Waals surface area contributed by atoms with Gasteiger partial charge in [0.15, 0.2) is 12.4 Å². The summed E-state index contributed by atoms with van der Waals surface area (Å²) in [5.41, 5.74) is 0. The molecule has 6 atom stereocenters. The summed E-state index contributed by atoms with van der Waals surface area (Å²) in [6.45, 7) is 5.26. The lowest BCUT2D eigenvalue weighted by Crippen LogP contribution is -2.60. The number of hydrogen-bond donors (Lipinski definition) is 4. The van der Waals surface area contributed by atoms with E-state index in [1.54, 1.807) is 0 Å². The van der Waals surface area contributed by atoms with Gasteiger partial charge in [-0.1, -0.05) is 153 Å². The van der Waals surface area contributed by atoms with E-state index in [2.05, 4.69) is 37.8 Å². The Bertz CT molecular complexity index is 1240. The second-order valence-corrected chi connectivity index (χ2v) is 18.0. The minimum absolute atomic E-state index is 0.161. The van der Waals surface area contributed by atoms with Gasteiger partial charge in [0.05, 0.1) is 6.61 Å². The van der Waals surface area contributed by atoms with Crippen LogP contribution in [0.15, 0.2) is 37.0 Å². The number of aliphatic hydroxyl groups is 3. The van der Waals surface area contributed by atoms with Crippen LogP contribution in [0.3, 0.4) is 0 Å². The summed E-state index contributed by atoms with van der Waals surface area (Å²) in [4.78, 5) is 25.4. The zero-order chi connectivity index (χ0) is 44.1. The smallest absolute Gasteiger partial charge is 0.306 e. The summed E-state index contributed by atoms with van der Waals surface area (Å²) in [7, 11) is -4.60. The van der Waals surface area contributed by atoms with Crippen molar-refractivity contribution < 1.29 is 56.8 Å². The monoisotopic (exact) mass is 873 g/mol. The number of carbonyl (C=O) groups is 2. The molecule has 0 aromatic heterocycles. The molecule has 1 fully saturated rings. The summed E-state index contributed by atoms with van der Waals surface area (Å²) in [6, 6.07) is 0. The topological polar surface area (TPSA) is 186 Å². The van der Waals surface area contributed by atoms with Gasteiger partial charge in [-0.15, -0.1) is 6.58 Å². The summed E-state index contributed by atoms with van der Waals surface area (Å²) in [5.74, 6) is -1.99. The summed E-state index contributed by atoms with van der Waals surface area (Å²) in [5, 5.41) is 30.9. The zero-order valence-electron chi connectivity index (χ0n) is 37.1. The molecule has 1 saturated heterocycles. The van der Waals surface area contributed by atoms with Gasteiger partial charge in [-0.25, -0.2) is 0 Å². The second kappa shape index (κ2) is 37.4. The number of aliphatic hydroxyl groups excluding tert-OH is 3. The fourth-order valence-electron chi connectivity index (χ4n) is 7.16. The van der Waals surface area contributed by atoms with Crippen molar-refractivity contribution in [2.24, 2.45) is 0 Å². The van der Waals surface area contributed by atoms with Crippen LogP contribution in [-0.2, 0) is 38.7 Å². The van der Waals surface area contributed by atoms with Crippen LogP contribution in [0.25, 0.3) is 0 Å². The molecule has 1 aliphatic rings.